The molecule has 0 spiro atoms. The van der Waals surface area contributed by atoms with Gasteiger partial charge in [-0.25, -0.2) is 4.39 Å². The molecule has 0 bridgehead atoms. The first kappa shape index (κ1) is 22.7. The van der Waals surface area contributed by atoms with Gasteiger partial charge in [0, 0.05) is 17.4 Å². The molecule has 33 heavy (non-hydrogen) atoms. The molecule has 0 aliphatic carbocycles. The molecule has 1 fully saturated rings. The lowest BCUT2D eigenvalue weighted by atomic mass is 9.98. The summed E-state index contributed by atoms with van der Waals surface area (Å²) in [6.07, 6.45) is 2.59. The van der Waals surface area contributed by atoms with Crippen LogP contribution in [0.15, 0.2) is 48.5 Å². The van der Waals surface area contributed by atoms with Gasteiger partial charge < -0.3 is 19.3 Å². The molecule has 0 unspecified atom stereocenters. The standard InChI is InChI=1S/C26H26FNO5/c1-15(2)25-21(10-8-20-12-17(29)13-24(30)32-20)26(33-18-6-4-16(27)5-7-18)22-14-19(31-3)9-11-23(22)28-25/h4-11,14-15,17,20,29H,12-13H2,1-3H3/b10-8+/t17-,20-/m1/s1. The second-order valence-electron chi connectivity index (χ2n) is 8.31. The smallest absolute Gasteiger partial charge is 0.309 e. The van der Waals surface area contributed by atoms with Gasteiger partial charge in [-0.1, -0.05) is 13.8 Å². The molecule has 2 atom stereocenters. The predicted molar refractivity (Wildman–Crippen MR) is 123 cm³/mol. The van der Waals surface area contributed by atoms with Crippen molar-refractivity contribution in [3.63, 3.8) is 0 Å². The molecule has 6 nitrogen and oxygen atoms in total. The Morgan fingerprint density at radius 3 is 2.58 bits per heavy atom. The Morgan fingerprint density at radius 1 is 1.18 bits per heavy atom. The van der Waals surface area contributed by atoms with E-state index < -0.39 is 18.2 Å². The van der Waals surface area contributed by atoms with Crippen LogP contribution >= 0.6 is 0 Å². The van der Waals surface area contributed by atoms with Crippen molar-refractivity contribution in [1.29, 1.82) is 0 Å². The number of benzene rings is 2. The fourth-order valence-electron chi connectivity index (χ4n) is 3.83. The van der Waals surface area contributed by atoms with Crippen LogP contribution in [-0.4, -0.2) is 35.4 Å². The average molecular weight is 451 g/mol. The fourth-order valence-corrected chi connectivity index (χ4v) is 3.83. The molecule has 0 saturated carbocycles. The van der Waals surface area contributed by atoms with Gasteiger partial charge in [-0.05, 0) is 60.5 Å². The van der Waals surface area contributed by atoms with Crippen LogP contribution in [0.5, 0.6) is 17.2 Å². The van der Waals surface area contributed by atoms with E-state index >= 15 is 0 Å². The summed E-state index contributed by atoms with van der Waals surface area (Å²) in [6, 6.07) is 11.3. The Morgan fingerprint density at radius 2 is 1.91 bits per heavy atom. The lowest BCUT2D eigenvalue weighted by molar-refractivity contribution is -0.156. The van der Waals surface area contributed by atoms with Crippen LogP contribution in [0.1, 0.15) is 43.9 Å². The number of aliphatic hydroxyl groups excluding tert-OH is 1. The van der Waals surface area contributed by atoms with Crippen LogP contribution in [0.25, 0.3) is 17.0 Å². The predicted octanol–water partition coefficient (Wildman–Crippen LogP) is 5.38. The topological polar surface area (TPSA) is 77.9 Å². The van der Waals surface area contributed by atoms with Crippen LogP contribution in [-0.2, 0) is 9.53 Å². The molecule has 1 aliphatic heterocycles. The van der Waals surface area contributed by atoms with E-state index in [0.717, 1.165) is 16.6 Å². The summed E-state index contributed by atoms with van der Waals surface area (Å²) in [5.74, 6) is 0.917. The SMILES string of the molecule is COc1ccc2nc(C(C)C)c(/C=C/[C@@H]3C[C@@H](O)CC(=O)O3)c(Oc3ccc(F)cc3)c2c1. The molecule has 0 radical (unpaired) electrons. The second kappa shape index (κ2) is 9.58. The quantitative estimate of drug-likeness (QED) is 0.507. The van der Waals surface area contributed by atoms with Crippen LogP contribution in [0.3, 0.4) is 0 Å². The Bertz CT molecular complexity index is 1190. The maximum absolute atomic E-state index is 13.5. The highest BCUT2D eigenvalue weighted by Crippen LogP contribution is 2.39. The number of aliphatic hydroxyl groups is 1. The minimum absolute atomic E-state index is 0.00215. The molecular formula is C26H26FNO5. The lowest BCUT2D eigenvalue weighted by Crippen LogP contribution is -2.31. The maximum Gasteiger partial charge on any atom is 0.309 e. The van der Waals surface area contributed by atoms with Crippen molar-refractivity contribution in [2.45, 2.75) is 44.8 Å². The first-order valence-corrected chi connectivity index (χ1v) is 10.8. The van der Waals surface area contributed by atoms with Gasteiger partial charge in [0.25, 0.3) is 0 Å². The number of halogens is 1. The van der Waals surface area contributed by atoms with Crippen LogP contribution in [0.2, 0.25) is 0 Å². The van der Waals surface area contributed by atoms with Gasteiger partial charge in [0.1, 0.15) is 29.2 Å². The van der Waals surface area contributed by atoms with Crippen LogP contribution in [0.4, 0.5) is 4.39 Å². The molecule has 1 aromatic heterocycles. The summed E-state index contributed by atoms with van der Waals surface area (Å²) in [5.41, 5.74) is 2.24. The Hall–Kier alpha value is -3.45. The number of esters is 1. The summed E-state index contributed by atoms with van der Waals surface area (Å²) in [7, 11) is 1.58. The van der Waals surface area contributed by atoms with Crippen molar-refractivity contribution in [2.24, 2.45) is 0 Å². The molecule has 1 aliphatic rings. The number of carbonyl (C=O) groups is 1. The Labute approximate surface area is 191 Å². The zero-order valence-electron chi connectivity index (χ0n) is 18.7. The molecule has 172 valence electrons. The number of ether oxygens (including phenoxy) is 3. The molecule has 4 rings (SSSR count). The van der Waals surface area contributed by atoms with Crippen molar-refractivity contribution in [2.75, 3.05) is 7.11 Å². The molecule has 2 heterocycles. The van der Waals surface area contributed by atoms with E-state index in [-0.39, 0.29) is 18.2 Å². The number of hydrogen-bond acceptors (Lipinski definition) is 6. The molecule has 1 saturated heterocycles. The number of carbonyl (C=O) groups excluding carboxylic acids is 1. The third-order valence-corrected chi connectivity index (χ3v) is 5.46. The van der Waals surface area contributed by atoms with Gasteiger partial charge in [-0.2, -0.15) is 0 Å². The molecule has 3 aromatic rings. The van der Waals surface area contributed by atoms with Gasteiger partial charge in [-0.3, -0.25) is 9.78 Å². The number of rotatable bonds is 6. The van der Waals surface area contributed by atoms with E-state index in [1.807, 2.05) is 38.1 Å². The molecule has 0 amide bonds. The van der Waals surface area contributed by atoms with E-state index in [0.29, 0.717) is 29.2 Å². The van der Waals surface area contributed by atoms with Crippen molar-refractivity contribution < 1.29 is 28.5 Å². The highest BCUT2D eigenvalue weighted by molar-refractivity contribution is 5.91. The van der Waals surface area contributed by atoms with Crippen molar-refractivity contribution >= 4 is 22.9 Å². The van der Waals surface area contributed by atoms with Crippen LogP contribution in [0, 0.1) is 5.82 Å². The number of cyclic esters (lactones) is 1. The summed E-state index contributed by atoms with van der Waals surface area (Å²) >= 11 is 0. The molecule has 7 heteroatoms. The minimum atomic E-state index is -0.737. The van der Waals surface area contributed by atoms with E-state index in [2.05, 4.69) is 0 Å². The van der Waals surface area contributed by atoms with E-state index in [4.69, 9.17) is 19.2 Å². The van der Waals surface area contributed by atoms with E-state index in [9.17, 15) is 14.3 Å². The monoisotopic (exact) mass is 451 g/mol. The average Bonchev–Trinajstić information content (AvgIpc) is 2.78. The zero-order valence-corrected chi connectivity index (χ0v) is 18.7. The normalized spacial score (nSPS) is 18.7. The first-order chi connectivity index (χ1) is 15.8. The second-order valence-corrected chi connectivity index (χ2v) is 8.31. The number of hydrogen-bond donors (Lipinski definition) is 1. The van der Waals surface area contributed by atoms with Crippen molar-refractivity contribution in [3.05, 3.63) is 65.6 Å². The number of methoxy groups -OCH3 is 1. The lowest BCUT2D eigenvalue weighted by Gasteiger charge is -2.24. The molecule has 2 aromatic carbocycles. The highest BCUT2D eigenvalue weighted by Gasteiger charge is 2.26. The Kier molecular flexibility index (Phi) is 6.60. The van der Waals surface area contributed by atoms with E-state index in [1.165, 1.54) is 12.1 Å². The summed E-state index contributed by atoms with van der Waals surface area (Å²) in [5, 5.41) is 10.7. The fraction of sp³-hybridized carbons (Fsp3) is 0.308. The third kappa shape index (κ3) is 5.14. The van der Waals surface area contributed by atoms with Crippen molar-refractivity contribution in [1.82, 2.24) is 4.98 Å². The number of aromatic nitrogens is 1. The van der Waals surface area contributed by atoms with Gasteiger partial charge in [0.2, 0.25) is 0 Å². The van der Waals surface area contributed by atoms with Gasteiger partial charge in [0.15, 0.2) is 0 Å². The minimum Gasteiger partial charge on any atom is -0.497 e. The van der Waals surface area contributed by atoms with E-state index in [1.54, 1.807) is 25.3 Å². The Balaban J connectivity index is 1.87. The largest absolute Gasteiger partial charge is 0.497 e. The summed E-state index contributed by atoms with van der Waals surface area (Å²) < 4.78 is 30.5. The molecule has 1 N–H and O–H groups in total. The number of fused-ring (bicyclic) bond motifs is 1. The number of pyridine rings is 1. The number of nitrogens with zero attached hydrogens (tertiary/aromatic N) is 1. The highest BCUT2D eigenvalue weighted by atomic mass is 19.1. The molecular weight excluding hydrogens is 425 g/mol. The third-order valence-electron chi connectivity index (χ3n) is 5.46. The van der Waals surface area contributed by atoms with Gasteiger partial charge in [-0.15, -0.1) is 0 Å². The zero-order chi connectivity index (χ0) is 23.5. The van der Waals surface area contributed by atoms with Gasteiger partial charge >= 0.3 is 5.97 Å². The maximum atomic E-state index is 13.5. The summed E-state index contributed by atoms with van der Waals surface area (Å²) in [4.78, 5) is 16.6. The first-order valence-electron chi connectivity index (χ1n) is 10.8. The van der Waals surface area contributed by atoms with Crippen molar-refractivity contribution in [3.8, 4) is 17.2 Å². The van der Waals surface area contributed by atoms with Crippen LogP contribution < -0.4 is 9.47 Å². The van der Waals surface area contributed by atoms with Gasteiger partial charge in [0.05, 0.1) is 30.8 Å². The summed E-state index contributed by atoms with van der Waals surface area (Å²) in [6.45, 7) is 4.06.